The Morgan fingerprint density at radius 2 is 2.22 bits per heavy atom. The fourth-order valence-electron chi connectivity index (χ4n) is 2.76. The minimum atomic E-state index is -0.455. The van der Waals surface area contributed by atoms with Crippen LogP contribution in [-0.2, 0) is 14.3 Å². The van der Waals surface area contributed by atoms with E-state index in [-0.39, 0.29) is 30.5 Å². The van der Waals surface area contributed by atoms with Gasteiger partial charge in [-0.1, -0.05) is 0 Å². The second-order valence-electron chi connectivity index (χ2n) is 6.07. The highest BCUT2D eigenvalue weighted by molar-refractivity contribution is 5.80. The molecule has 2 aliphatic rings. The molecule has 0 saturated carbocycles. The number of carbonyl (C=O) groups excluding carboxylic acids is 2. The third kappa shape index (κ3) is 3.02. The molecule has 2 atom stereocenters. The van der Waals surface area contributed by atoms with Gasteiger partial charge in [-0.25, -0.2) is 0 Å². The highest BCUT2D eigenvalue weighted by atomic mass is 16.6. The highest BCUT2D eigenvalue weighted by Crippen LogP contribution is 2.28. The SMILES string of the molecule is CC(C)(C)OC(=O)CNC1CC(=O)N2CCCC12. The Morgan fingerprint density at radius 1 is 1.50 bits per heavy atom. The van der Waals surface area contributed by atoms with Gasteiger partial charge in [-0.3, -0.25) is 9.59 Å². The molecule has 2 rings (SSSR count). The summed E-state index contributed by atoms with van der Waals surface area (Å²) in [6.07, 6.45) is 2.62. The molecule has 5 nitrogen and oxygen atoms in total. The highest BCUT2D eigenvalue weighted by Gasteiger charge is 2.42. The Balaban J connectivity index is 1.81. The lowest BCUT2D eigenvalue weighted by Crippen LogP contribution is -2.42. The van der Waals surface area contributed by atoms with Crippen LogP contribution < -0.4 is 5.32 Å². The summed E-state index contributed by atoms with van der Waals surface area (Å²) in [6, 6.07) is 0.382. The average molecular weight is 254 g/mol. The van der Waals surface area contributed by atoms with Crippen LogP contribution in [0.5, 0.6) is 0 Å². The van der Waals surface area contributed by atoms with Crippen LogP contribution in [0.3, 0.4) is 0 Å². The molecule has 2 unspecified atom stereocenters. The first kappa shape index (κ1) is 13.3. The lowest BCUT2D eigenvalue weighted by Gasteiger charge is -2.23. The largest absolute Gasteiger partial charge is 0.459 e. The minimum Gasteiger partial charge on any atom is -0.459 e. The molecule has 0 spiro atoms. The Morgan fingerprint density at radius 3 is 2.89 bits per heavy atom. The van der Waals surface area contributed by atoms with Gasteiger partial charge in [0.1, 0.15) is 5.60 Å². The summed E-state index contributed by atoms with van der Waals surface area (Å²) in [7, 11) is 0. The predicted molar refractivity (Wildman–Crippen MR) is 67.0 cm³/mol. The monoisotopic (exact) mass is 254 g/mol. The molecule has 0 aromatic rings. The number of fused-ring (bicyclic) bond motifs is 1. The Bertz CT molecular complexity index is 349. The predicted octanol–water partition coefficient (Wildman–Crippen LogP) is 0.681. The first-order chi connectivity index (χ1) is 8.37. The summed E-state index contributed by atoms with van der Waals surface area (Å²) in [4.78, 5) is 25.3. The van der Waals surface area contributed by atoms with Crippen molar-refractivity contribution in [1.29, 1.82) is 0 Å². The second-order valence-corrected chi connectivity index (χ2v) is 6.07. The van der Waals surface area contributed by atoms with Gasteiger partial charge in [0.25, 0.3) is 0 Å². The van der Waals surface area contributed by atoms with Crippen LogP contribution in [0, 0.1) is 0 Å². The molecule has 0 aromatic heterocycles. The van der Waals surface area contributed by atoms with E-state index >= 15 is 0 Å². The lowest BCUT2D eigenvalue weighted by molar-refractivity contribution is -0.153. The van der Waals surface area contributed by atoms with Gasteiger partial charge < -0.3 is 15.0 Å². The number of hydrogen-bond donors (Lipinski definition) is 1. The van der Waals surface area contributed by atoms with Gasteiger partial charge >= 0.3 is 5.97 Å². The van der Waals surface area contributed by atoms with E-state index in [1.54, 1.807) is 0 Å². The molecular weight excluding hydrogens is 232 g/mol. The molecule has 0 aromatic carbocycles. The van der Waals surface area contributed by atoms with Crippen molar-refractivity contribution in [1.82, 2.24) is 10.2 Å². The Labute approximate surface area is 108 Å². The van der Waals surface area contributed by atoms with Crippen molar-refractivity contribution in [2.45, 2.75) is 57.7 Å². The molecule has 1 N–H and O–H groups in total. The average Bonchev–Trinajstić information content (AvgIpc) is 2.78. The molecule has 1 amide bonds. The number of ether oxygens (including phenoxy) is 1. The molecule has 0 aliphatic carbocycles. The van der Waals surface area contributed by atoms with Gasteiger partial charge in [-0.2, -0.15) is 0 Å². The quantitative estimate of drug-likeness (QED) is 0.753. The summed E-state index contributed by atoms with van der Waals surface area (Å²) in [5, 5.41) is 3.17. The number of esters is 1. The summed E-state index contributed by atoms with van der Waals surface area (Å²) in [5.41, 5.74) is -0.455. The van der Waals surface area contributed by atoms with Crippen LogP contribution in [0.4, 0.5) is 0 Å². The maximum atomic E-state index is 11.7. The van der Waals surface area contributed by atoms with Gasteiger partial charge in [0.15, 0.2) is 0 Å². The summed E-state index contributed by atoms with van der Waals surface area (Å²) in [6.45, 7) is 6.60. The van der Waals surface area contributed by atoms with Gasteiger partial charge in [-0.05, 0) is 33.6 Å². The van der Waals surface area contributed by atoms with Crippen molar-refractivity contribution in [3.63, 3.8) is 0 Å². The molecule has 2 saturated heterocycles. The molecule has 18 heavy (non-hydrogen) atoms. The van der Waals surface area contributed by atoms with Crippen molar-refractivity contribution in [2.75, 3.05) is 13.1 Å². The van der Waals surface area contributed by atoms with Crippen LogP contribution in [0.2, 0.25) is 0 Å². The first-order valence-corrected chi connectivity index (χ1v) is 6.61. The molecule has 2 heterocycles. The van der Waals surface area contributed by atoms with Crippen molar-refractivity contribution in [2.24, 2.45) is 0 Å². The van der Waals surface area contributed by atoms with Crippen molar-refractivity contribution in [3.05, 3.63) is 0 Å². The zero-order chi connectivity index (χ0) is 13.3. The number of nitrogens with zero attached hydrogens (tertiary/aromatic N) is 1. The number of nitrogens with one attached hydrogen (secondary N) is 1. The number of hydrogen-bond acceptors (Lipinski definition) is 4. The third-order valence-corrected chi connectivity index (χ3v) is 3.41. The fraction of sp³-hybridized carbons (Fsp3) is 0.846. The number of rotatable bonds is 3. The third-order valence-electron chi connectivity index (χ3n) is 3.41. The summed E-state index contributed by atoms with van der Waals surface area (Å²) >= 11 is 0. The van der Waals surface area contributed by atoms with Gasteiger partial charge in [0.05, 0.1) is 6.54 Å². The van der Waals surface area contributed by atoms with Crippen LogP contribution in [-0.4, -0.2) is 47.6 Å². The zero-order valence-corrected chi connectivity index (χ0v) is 11.4. The first-order valence-electron chi connectivity index (χ1n) is 6.61. The molecule has 2 aliphatic heterocycles. The van der Waals surface area contributed by atoms with E-state index in [9.17, 15) is 9.59 Å². The van der Waals surface area contributed by atoms with Gasteiger partial charge in [-0.15, -0.1) is 0 Å². The van der Waals surface area contributed by atoms with E-state index in [0.29, 0.717) is 6.42 Å². The fourth-order valence-corrected chi connectivity index (χ4v) is 2.76. The van der Waals surface area contributed by atoms with E-state index in [1.807, 2.05) is 25.7 Å². The van der Waals surface area contributed by atoms with E-state index in [0.717, 1.165) is 19.4 Å². The van der Waals surface area contributed by atoms with E-state index in [4.69, 9.17) is 4.74 Å². The summed E-state index contributed by atoms with van der Waals surface area (Å²) < 4.78 is 5.24. The van der Waals surface area contributed by atoms with Crippen molar-refractivity contribution in [3.8, 4) is 0 Å². The van der Waals surface area contributed by atoms with E-state index < -0.39 is 5.60 Å². The number of amides is 1. The topological polar surface area (TPSA) is 58.6 Å². The molecule has 2 fully saturated rings. The smallest absolute Gasteiger partial charge is 0.320 e. The number of carbonyl (C=O) groups is 2. The van der Waals surface area contributed by atoms with E-state index in [2.05, 4.69) is 5.32 Å². The van der Waals surface area contributed by atoms with Gasteiger partial charge in [0, 0.05) is 25.0 Å². The Hall–Kier alpha value is -1.10. The van der Waals surface area contributed by atoms with Crippen LogP contribution in [0.15, 0.2) is 0 Å². The maximum absolute atomic E-state index is 11.7. The van der Waals surface area contributed by atoms with Crippen molar-refractivity contribution < 1.29 is 14.3 Å². The normalized spacial score (nSPS) is 27.5. The molecule has 102 valence electrons. The summed E-state index contributed by atoms with van der Waals surface area (Å²) in [5.74, 6) is -0.0504. The van der Waals surface area contributed by atoms with Crippen LogP contribution >= 0.6 is 0 Å². The molecule has 5 heteroatoms. The lowest BCUT2D eigenvalue weighted by atomic mass is 10.1. The molecule has 0 radical (unpaired) electrons. The van der Waals surface area contributed by atoms with Crippen LogP contribution in [0.1, 0.15) is 40.0 Å². The maximum Gasteiger partial charge on any atom is 0.320 e. The standard InChI is InChI=1S/C13H22N2O3/c1-13(2,3)18-12(17)8-14-9-7-11(16)15-6-4-5-10(9)15/h9-10,14H,4-8H2,1-3H3. The van der Waals surface area contributed by atoms with E-state index in [1.165, 1.54) is 0 Å². The minimum absolute atomic E-state index is 0.104. The van der Waals surface area contributed by atoms with Crippen molar-refractivity contribution >= 4 is 11.9 Å². The zero-order valence-electron chi connectivity index (χ0n) is 11.4. The second kappa shape index (κ2) is 4.88. The molecule has 0 bridgehead atoms. The molecular formula is C13H22N2O3. The Kier molecular flexibility index (Phi) is 3.61. The van der Waals surface area contributed by atoms with Crippen LogP contribution in [0.25, 0.3) is 0 Å². The van der Waals surface area contributed by atoms with Gasteiger partial charge in [0.2, 0.25) is 5.91 Å².